The molecule has 0 heterocycles. The number of nitrogens with zero attached hydrogens (tertiary/aromatic N) is 6. The summed E-state index contributed by atoms with van der Waals surface area (Å²) in [6, 6.07) is 91.7. The van der Waals surface area contributed by atoms with Gasteiger partial charge in [0.25, 0.3) is 0 Å². The molecule has 0 saturated carbocycles. The maximum Gasteiger partial charge on any atom is 0.339 e. The van der Waals surface area contributed by atoms with Gasteiger partial charge in [0, 0.05) is 0 Å². The molecule has 0 bridgehead atoms. The van der Waals surface area contributed by atoms with Crippen molar-refractivity contribution in [2.75, 3.05) is 200 Å². The van der Waals surface area contributed by atoms with Gasteiger partial charge in [0.15, 0.2) is 0 Å². The van der Waals surface area contributed by atoms with Crippen molar-refractivity contribution in [2.45, 2.75) is 177 Å². The molecule has 0 radical (unpaired) electrons. The Hall–Kier alpha value is -12.3. The van der Waals surface area contributed by atoms with Crippen molar-refractivity contribution >= 4 is 57.4 Å². The molecule has 3 unspecified atom stereocenters. The van der Waals surface area contributed by atoms with Crippen molar-refractivity contribution < 1.29 is 84.1 Å². The van der Waals surface area contributed by atoms with Crippen molar-refractivity contribution in [2.24, 2.45) is 0 Å². The normalized spacial score (nSPS) is 14.3. The Labute approximate surface area is 891 Å². The first-order chi connectivity index (χ1) is 72.0. The van der Waals surface area contributed by atoms with Gasteiger partial charge in [-0.3, -0.25) is 24.0 Å². The fourth-order valence-electron chi connectivity index (χ4n) is 22.8. The van der Waals surface area contributed by atoms with E-state index in [1.54, 1.807) is 0 Å². The van der Waals surface area contributed by atoms with Crippen molar-refractivity contribution in [1.82, 2.24) is 0 Å². The highest BCUT2D eigenvalue weighted by atomic mass is 16.6. The number of ether oxygens (including phenoxy) is 6. The van der Waals surface area contributed by atoms with Gasteiger partial charge in [0.1, 0.15) is 103 Å². The van der Waals surface area contributed by atoms with Crippen LogP contribution < -0.4 is 0 Å². The van der Waals surface area contributed by atoms with Crippen molar-refractivity contribution in [3.8, 4) is 44.5 Å². The summed E-state index contributed by atoms with van der Waals surface area (Å²) in [5, 5.41) is 4.01. The first-order valence-corrected chi connectivity index (χ1v) is 55.8. The Bertz CT molecular complexity index is 6140. The van der Waals surface area contributed by atoms with Gasteiger partial charge in [-0.2, -0.15) is 0 Å². The summed E-state index contributed by atoms with van der Waals surface area (Å²) < 4.78 is 40.0. The molecule has 3 atom stereocenters. The average molecular weight is 2020 g/mol. The van der Waals surface area contributed by atoms with E-state index in [0.29, 0.717) is 45.2 Å². The second-order valence-corrected chi connectivity index (χ2v) is 43.1. The molecule has 5 aliphatic rings. The van der Waals surface area contributed by atoms with Gasteiger partial charge in [-0.15, -0.1) is 0 Å². The summed E-state index contributed by atoms with van der Waals surface area (Å²) in [7, 11) is 12.5. The van der Waals surface area contributed by atoms with Crippen molar-refractivity contribution in [3.63, 3.8) is 0 Å². The van der Waals surface area contributed by atoms with Crippen LogP contribution >= 0.6 is 0 Å². The van der Waals surface area contributed by atoms with Crippen LogP contribution in [0.5, 0.6) is 0 Å². The smallest absolute Gasteiger partial charge is 0.339 e. The van der Waals surface area contributed by atoms with Crippen LogP contribution in [0.1, 0.15) is 236 Å². The Balaban J connectivity index is 0.000000159. The number of carbonyl (C=O) groups is 6. The number of esters is 6. The van der Waals surface area contributed by atoms with Crippen LogP contribution in [-0.2, 0) is 58.8 Å². The zero-order chi connectivity index (χ0) is 107. The zero-order valence-corrected chi connectivity index (χ0v) is 93.0. The van der Waals surface area contributed by atoms with E-state index in [-0.39, 0.29) is 65.4 Å². The first-order valence-electron chi connectivity index (χ1n) is 55.8. The highest BCUT2D eigenvalue weighted by molar-refractivity contribution is 6.16. The molecule has 12 aromatic carbocycles. The number of likely N-dealkylation sites (N-methyl/N-ethyl adjacent to an activating group) is 6. The van der Waals surface area contributed by atoms with E-state index in [1.165, 1.54) is 62.9 Å². The monoisotopic (exact) mass is 2020 g/mol. The van der Waals surface area contributed by atoms with Gasteiger partial charge in [-0.1, -0.05) is 321 Å². The third kappa shape index (κ3) is 29.3. The lowest BCUT2D eigenvalue weighted by Crippen LogP contribution is -2.51. The van der Waals surface area contributed by atoms with Crippen LogP contribution in [-0.4, -0.2) is 262 Å². The zero-order valence-electron chi connectivity index (χ0n) is 93.0. The number of hydrogen-bond donors (Lipinski definition) is 0. The number of hydrogen-bond acceptors (Lipinski definition) is 12. The number of benzene rings is 12. The Morgan fingerprint density at radius 1 is 0.242 bits per heavy atom. The predicted octanol–water partition coefficient (Wildman–Crippen LogP) is 25.8. The van der Waals surface area contributed by atoms with Gasteiger partial charge in [0.2, 0.25) is 0 Å². The van der Waals surface area contributed by atoms with Gasteiger partial charge >= 0.3 is 35.8 Å². The first kappa shape index (κ1) is 115. The van der Waals surface area contributed by atoms with E-state index in [2.05, 4.69) is 222 Å². The third-order valence-electron chi connectivity index (χ3n) is 31.7. The number of unbranched alkanes of at least 4 members (excludes halogenated alkanes) is 2. The number of quaternary nitrogens is 6. The number of fused-ring (bicyclic) bond motifs is 15. The Morgan fingerprint density at radius 2 is 0.477 bits per heavy atom. The molecule has 18 nitrogen and oxygen atoms in total. The fraction of sp³-hybridized carbons (Fsp3) is 0.435. The van der Waals surface area contributed by atoms with Gasteiger partial charge in [0.05, 0.1) is 132 Å². The molecule has 0 saturated heterocycles. The van der Waals surface area contributed by atoms with Gasteiger partial charge < -0.3 is 55.3 Å². The summed E-state index contributed by atoms with van der Waals surface area (Å²) in [6.07, 6.45) is 11.5. The summed E-state index contributed by atoms with van der Waals surface area (Å²) >= 11 is 0. The summed E-state index contributed by atoms with van der Waals surface area (Å²) in [6.45, 7) is 48.5. The second-order valence-electron chi connectivity index (χ2n) is 43.1. The SMILES string of the molecule is CCCC[N+](CC)(CCC)CCOC(=O)C1CCc2ccccc21.CCCC[N+](CC)(CCC)CCOC(=O)C1c2ccccc2-c2ccccc21.CCC[N+](CC)(CCC)CCOC(=O)C1c2ccccc2-c2ccccc21.CC[N+](CC)(CC)CCOC(=O)C1c2ccccc2-c2ccccc21.C[N+](C)(C)CCOC(=O)C1c2ccccc2-c2ccccc21.C[N+](C)(C)CCOC(=O)c1c2ccccc2cc2ccccc12. The van der Waals surface area contributed by atoms with Crippen LogP contribution in [0.15, 0.2) is 273 Å². The number of aryl methyl sites for hydroxylation is 1. The van der Waals surface area contributed by atoms with Crippen molar-refractivity contribution in [1.29, 1.82) is 0 Å². The molecule has 17 rings (SSSR count). The van der Waals surface area contributed by atoms with E-state index in [9.17, 15) is 28.8 Å². The lowest BCUT2D eigenvalue weighted by molar-refractivity contribution is -0.927. The number of carbonyl (C=O) groups excluding carboxylic acids is 6. The van der Waals surface area contributed by atoms with E-state index < -0.39 is 0 Å². The van der Waals surface area contributed by atoms with Crippen molar-refractivity contribution in [3.05, 3.63) is 334 Å². The molecule has 0 fully saturated rings. The molecule has 12 aromatic rings. The molecule has 0 aromatic heterocycles. The highest BCUT2D eigenvalue weighted by Crippen LogP contribution is 2.50. The minimum atomic E-state index is -0.294. The quantitative estimate of drug-likeness (QED) is 0.0154. The molecular weight excluding hydrogens is 1850 g/mol. The van der Waals surface area contributed by atoms with Crippen LogP contribution in [0.2, 0.25) is 0 Å². The molecule has 18 heteroatoms. The molecule has 792 valence electrons. The lowest BCUT2D eigenvalue weighted by Gasteiger charge is -2.37. The van der Waals surface area contributed by atoms with Crippen LogP contribution in [0.4, 0.5) is 0 Å². The molecule has 0 aliphatic heterocycles. The highest BCUT2D eigenvalue weighted by Gasteiger charge is 2.41. The van der Waals surface area contributed by atoms with Crippen LogP contribution in [0, 0.1) is 0 Å². The summed E-state index contributed by atoms with van der Waals surface area (Å²) in [5.41, 5.74) is 20.9. The molecule has 0 spiro atoms. The Kier molecular flexibility index (Phi) is 43.0. The average Bonchev–Trinajstić information content (AvgIpc) is 1.70. The standard InChI is InChI=1S/C25H34NO2.C24H32NO2.C22H28NO2.C21H34NO2.C20H22NO2.C19H22NO2/c1-4-7-17-26(6-3,16-5-2)18-19-28-25(27)24-22-14-10-8-12-20(22)21-13-9-11-15-23(21)24;1-4-15-25(6-3,16-5-2)17-18-27-24(26)23-21-13-9-7-11-19(21)20-12-8-10-14-22(20)23;1-4-23(5-2,6-3)15-16-25-22(24)21-19-13-9-7-11-17(19)18-12-8-10-14-20(18)21;1-4-7-15-22(6-3,14-5-2)16-17-24-21(23)20-13-12-18-10-8-9-11-19(18)20;1-21(2,3)12-13-23-20(22)19-17-10-6-4-8-15(17)14-16-9-5-7-11-18(16)19;1-20(2,3)12-13-22-19(21)18-16-10-6-4-8-14(16)15-9-5-7-11-17(15)18/h8-15,24H,4-7,16-19H2,1-3H3;7-14,23H,4-6,15-18H2,1-3H3;7-14,21H,4-6,15-16H2,1-3H3;8-11,20H,4-7,12-17H2,1-3H3;4-11,14H,12-13H2,1-3H3;4-11,18H,12-13H2,1-3H3/q6*+1. The minimum absolute atomic E-state index is 0.0267. The van der Waals surface area contributed by atoms with E-state index in [0.717, 1.165) is 268 Å². The Morgan fingerprint density at radius 3 is 0.752 bits per heavy atom. The van der Waals surface area contributed by atoms with Gasteiger partial charge in [-0.25, -0.2) is 4.79 Å². The fourth-order valence-corrected chi connectivity index (χ4v) is 22.8. The third-order valence-corrected chi connectivity index (χ3v) is 31.7. The molecule has 5 aliphatic carbocycles. The maximum absolute atomic E-state index is 13.1. The number of rotatable bonds is 44. The molecule has 149 heavy (non-hydrogen) atoms. The van der Waals surface area contributed by atoms with E-state index in [1.807, 2.05) is 176 Å². The minimum Gasteiger partial charge on any atom is -0.459 e. The lowest BCUT2D eigenvalue weighted by atomic mass is 9.97. The maximum atomic E-state index is 13.1. The molecule has 0 N–H and O–H groups in total. The van der Waals surface area contributed by atoms with Gasteiger partial charge in [-0.05, 0) is 221 Å². The molecular formula is C131H172N6O12+6. The van der Waals surface area contributed by atoms with Crippen LogP contribution in [0.3, 0.4) is 0 Å². The van der Waals surface area contributed by atoms with Crippen LogP contribution in [0.25, 0.3) is 66.1 Å². The predicted molar refractivity (Wildman–Crippen MR) is 609 cm³/mol. The summed E-state index contributed by atoms with van der Waals surface area (Å²) in [4.78, 5) is 76.9. The largest absolute Gasteiger partial charge is 0.459 e. The topological polar surface area (TPSA) is 158 Å². The molecule has 0 amide bonds. The van der Waals surface area contributed by atoms with E-state index in [4.69, 9.17) is 28.4 Å². The summed E-state index contributed by atoms with van der Waals surface area (Å²) in [5.74, 6) is -1.99. The van der Waals surface area contributed by atoms with E-state index >= 15 is 0 Å². The second kappa shape index (κ2) is 55.5.